The number of aryl methyl sites for hydroxylation is 1. The van der Waals surface area contributed by atoms with Gasteiger partial charge in [-0.2, -0.15) is 0 Å². The topological polar surface area (TPSA) is 93.5 Å². The van der Waals surface area contributed by atoms with Crippen molar-refractivity contribution in [3.8, 4) is 0 Å². The summed E-state index contributed by atoms with van der Waals surface area (Å²) in [7, 11) is 3.28. The van der Waals surface area contributed by atoms with Gasteiger partial charge in [-0.05, 0) is 38.0 Å². The van der Waals surface area contributed by atoms with Crippen molar-refractivity contribution in [2.24, 2.45) is 0 Å². The minimum absolute atomic E-state index is 0.0476. The van der Waals surface area contributed by atoms with Crippen molar-refractivity contribution in [2.45, 2.75) is 40.2 Å². The van der Waals surface area contributed by atoms with Crippen LogP contribution in [0.2, 0.25) is 0 Å². The van der Waals surface area contributed by atoms with Crippen molar-refractivity contribution < 1.29 is 19.1 Å². The van der Waals surface area contributed by atoms with E-state index in [0.29, 0.717) is 15.4 Å². The van der Waals surface area contributed by atoms with E-state index in [1.165, 1.54) is 4.90 Å². The van der Waals surface area contributed by atoms with Crippen LogP contribution in [0.1, 0.15) is 51.7 Å². The van der Waals surface area contributed by atoms with E-state index < -0.39 is 5.97 Å². The molecule has 0 radical (unpaired) electrons. The van der Waals surface area contributed by atoms with E-state index in [0.717, 1.165) is 41.0 Å². The number of fused-ring (bicyclic) bond motifs is 1. The monoisotopic (exact) mass is 456 g/mol. The van der Waals surface area contributed by atoms with E-state index in [9.17, 15) is 14.4 Å². The summed E-state index contributed by atoms with van der Waals surface area (Å²) in [4.78, 5) is 44.7. The molecule has 0 saturated heterocycles. The first-order valence-corrected chi connectivity index (χ1v) is 11.4. The third-order valence-corrected chi connectivity index (χ3v) is 6.18. The number of thiophene rings is 1. The average molecular weight is 457 g/mol. The van der Waals surface area contributed by atoms with Crippen molar-refractivity contribution >= 4 is 45.2 Å². The summed E-state index contributed by atoms with van der Waals surface area (Å²) < 4.78 is 7.07. The number of nitrogens with zero attached hydrogens (tertiary/aromatic N) is 3. The van der Waals surface area contributed by atoms with Crippen LogP contribution in [0.25, 0.3) is 11.0 Å². The number of benzene rings is 1. The van der Waals surface area contributed by atoms with Crippen molar-refractivity contribution in [3.05, 3.63) is 46.1 Å². The van der Waals surface area contributed by atoms with Crippen LogP contribution in [-0.2, 0) is 22.5 Å². The summed E-state index contributed by atoms with van der Waals surface area (Å²) in [5.74, 6) is -0.264. The Balaban J connectivity index is 1.95. The predicted molar refractivity (Wildman–Crippen MR) is 125 cm³/mol. The molecule has 0 unspecified atom stereocenters. The predicted octanol–water partition coefficient (Wildman–Crippen LogP) is 3.88. The number of carbonyl (C=O) groups excluding carboxylic acids is 3. The smallest absolute Gasteiger partial charge is 0.341 e. The first-order valence-electron chi connectivity index (χ1n) is 10.5. The van der Waals surface area contributed by atoms with Gasteiger partial charge in [-0.1, -0.05) is 19.1 Å². The van der Waals surface area contributed by atoms with Gasteiger partial charge in [0.1, 0.15) is 17.4 Å². The number of rotatable bonds is 8. The first-order chi connectivity index (χ1) is 15.3. The lowest BCUT2D eigenvalue weighted by Gasteiger charge is -2.10. The Morgan fingerprint density at radius 1 is 1.19 bits per heavy atom. The van der Waals surface area contributed by atoms with Crippen LogP contribution in [0.5, 0.6) is 0 Å². The maximum Gasteiger partial charge on any atom is 0.341 e. The summed E-state index contributed by atoms with van der Waals surface area (Å²) in [5, 5.41) is 3.15. The number of nitrogens with one attached hydrogen (secondary N) is 1. The van der Waals surface area contributed by atoms with Crippen LogP contribution in [0, 0.1) is 6.92 Å². The second-order valence-corrected chi connectivity index (χ2v) is 8.60. The zero-order valence-corrected chi connectivity index (χ0v) is 19.8. The Bertz CT molecular complexity index is 1160. The summed E-state index contributed by atoms with van der Waals surface area (Å²) in [6, 6.07) is 7.68. The summed E-state index contributed by atoms with van der Waals surface area (Å²) in [5.41, 5.74) is 2.44. The number of aromatic nitrogens is 2. The van der Waals surface area contributed by atoms with Crippen LogP contribution < -0.4 is 5.32 Å². The van der Waals surface area contributed by atoms with Crippen LogP contribution in [0.15, 0.2) is 24.3 Å². The number of hydrogen-bond acceptors (Lipinski definition) is 6. The molecule has 32 heavy (non-hydrogen) atoms. The first kappa shape index (κ1) is 23.5. The third kappa shape index (κ3) is 4.67. The Hall–Kier alpha value is -3.20. The molecule has 2 aromatic heterocycles. The third-order valence-electron chi connectivity index (χ3n) is 4.99. The molecule has 0 spiro atoms. The van der Waals surface area contributed by atoms with Gasteiger partial charge in [-0.3, -0.25) is 9.59 Å². The molecule has 0 aliphatic rings. The highest BCUT2D eigenvalue weighted by molar-refractivity contribution is 7.18. The maximum absolute atomic E-state index is 13.0. The normalized spacial score (nSPS) is 10.9. The van der Waals surface area contributed by atoms with Crippen LogP contribution >= 0.6 is 11.3 Å². The fourth-order valence-corrected chi connectivity index (χ4v) is 4.72. The van der Waals surface area contributed by atoms with Gasteiger partial charge in [-0.25, -0.2) is 9.78 Å². The molecular weight excluding hydrogens is 428 g/mol. The minimum atomic E-state index is -0.561. The number of para-hydroxylation sites is 2. The van der Waals surface area contributed by atoms with Gasteiger partial charge in [-0.15, -0.1) is 11.3 Å². The highest BCUT2D eigenvalue weighted by Gasteiger charge is 2.27. The number of imidazole rings is 1. The van der Waals surface area contributed by atoms with E-state index in [1.54, 1.807) is 27.9 Å². The van der Waals surface area contributed by atoms with E-state index in [1.807, 2.05) is 28.8 Å². The number of ether oxygens (including phenoxy) is 1. The maximum atomic E-state index is 13.0. The van der Waals surface area contributed by atoms with E-state index in [2.05, 4.69) is 17.2 Å². The Labute approximate surface area is 191 Å². The molecule has 3 aromatic rings. The van der Waals surface area contributed by atoms with Gasteiger partial charge in [0.25, 0.3) is 5.91 Å². The van der Waals surface area contributed by atoms with Gasteiger partial charge in [0.15, 0.2) is 0 Å². The quantitative estimate of drug-likeness (QED) is 0.519. The van der Waals surface area contributed by atoms with Gasteiger partial charge < -0.3 is 19.5 Å². The molecule has 3 rings (SSSR count). The van der Waals surface area contributed by atoms with Gasteiger partial charge in [0, 0.05) is 20.5 Å². The Morgan fingerprint density at radius 2 is 1.91 bits per heavy atom. The highest BCUT2D eigenvalue weighted by atomic mass is 32.1. The van der Waals surface area contributed by atoms with Gasteiger partial charge in [0.05, 0.1) is 28.1 Å². The fraction of sp³-hybridized carbons (Fsp3) is 0.391. The van der Waals surface area contributed by atoms with Crippen LogP contribution in [-0.4, -0.2) is 52.9 Å². The summed E-state index contributed by atoms with van der Waals surface area (Å²) in [6.07, 6.45) is 1.65. The standard InChI is InChI=1S/C23H28N4O4S/c1-6-10-17-24-15-11-8-9-12-16(15)27(17)13-18(28)25-21-19(23(30)31-7-2)14(3)20(32-21)22(29)26(4)5/h8-9,11-12H,6-7,10,13H2,1-5H3,(H,25,28). The molecule has 9 heteroatoms. The molecule has 1 aromatic carbocycles. The second kappa shape index (κ2) is 9.95. The number of anilines is 1. The summed E-state index contributed by atoms with van der Waals surface area (Å²) >= 11 is 1.09. The number of hydrogen-bond donors (Lipinski definition) is 1. The van der Waals surface area contributed by atoms with Crippen LogP contribution in [0.3, 0.4) is 0 Å². The van der Waals surface area contributed by atoms with Gasteiger partial charge >= 0.3 is 5.97 Å². The zero-order chi connectivity index (χ0) is 23.4. The fourth-order valence-electron chi connectivity index (χ4n) is 3.48. The van der Waals surface area contributed by atoms with Crippen molar-refractivity contribution in [1.82, 2.24) is 14.5 Å². The largest absolute Gasteiger partial charge is 0.462 e. The molecule has 0 bridgehead atoms. The van der Waals surface area contributed by atoms with E-state index in [-0.39, 0.29) is 30.5 Å². The van der Waals surface area contributed by atoms with Crippen molar-refractivity contribution in [1.29, 1.82) is 0 Å². The number of esters is 1. The molecule has 0 fully saturated rings. The lowest BCUT2D eigenvalue weighted by atomic mass is 10.1. The van der Waals surface area contributed by atoms with E-state index in [4.69, 9.17) is 4.74 Å². The Kier molecular flexibility index (Phi) is 7.29. The van der Waals surface area contributed by atoms with Gasteiger partial charge in [0.2, 0.25) is 5.91 Å². The number of amides is 2. The lowest BCUT2D eigenvalue weighted by Crippen LogP contribution is -2.21. The van der Waals surface area contributed by atoms with Crippen LogP contribution in [0.4, 0.5) is 5.00 Å². The van der Waals surface area contributed by atoms with Crippen molar-refractivity contribution in [2.75, 3.05) is 26.0 Å². The average Bonchev–Trinajstić information content (AvgIpc) is 3.25. The lowest BCUT2D eigenvalue weighted by molar-refractivity contribution is -0.116. The second-order valence-electron chi connectivity index (χ2n) is 7.58. The molecule has 2 amide bonds. The molecule has 170 valence electrons. The molecule has 2 heterocycles. The molecule has 0 aliphatic carbocycles. The van der Waals surface area contributed by atoms with E-state index >= 15 is 0 Å². The molecule has 0 saturated carbocycles. The van der Waals surface area contributed by atoms with Crippen molar-refractivity contribution in [3.63, 3.8) is 0 Å². The minimum Gasteiger partial charge on any atom is -0.462 e. The summed E-state index contributed by atoms with van der Waals surface area (Å²) in [6.45, 7) is 5.71. The molecule has 1 N–H and O–H groups in total. The molecular formula is C23H28N4O4S. The molecule has 0 atom stereocenters. The molecule has 0 aliphatic heterocycles. The molecule has 8 nitrogen and oxygen atoms in total. The number of carbonyl (C=O) groups is 3. The SMILES string of the molecule is CCCc1nc2ccccc2n1CC(=O)Nc1sc(C(=O)N(C)C)c(C)c1C(=O)OCC. The zero-order valence-electron chi connectivity index (χ0n) is 19.0. The highest BCUT2D eigenvalue weighted by Crippen LogP contribution is 2.34. The Morgan fingerprint density at radius 3 is 2.56 bits per heavy atom.